The van der Waals surface area contributed by atoms with Crippen molar-refractivity contribution in [2.45, 2.75) is 13.0 Å². The molecule has 0 saturated heterocycles. The van der Waals surface area contributed by atoms with Gasteiger partial charge in [0, 0.05) is 17.3 Å². The van der Waals surface area contributed by atoms with Gasteiger partial charge in [0.25, 0.3) is 0 Å². The number of fused-ring (bicyclic) bond motifs is 1. The number of nitrogens with zero attached hydrogens (tertiary/aromatic N) is 6. The molecule has 144 valence electrons. The Kier molecular flexibility index (Phi) is 4.70. The third-order valence-corrected chi connectivity index (χ3v) is 4.65. The van der Waals surface area contributed by atoms with E-state index in [-0.39, 0.29) is 29.1 Å². The summed E-state index contributed by atoms with van der Waals surface area (Å²) in [5.41, 5.74) is 8.16. The third-order valence-electron chi connectivity index (χ3n) is 4.38. The number of rotatable bonds is 4. The van der Waals surface area contributed by atoms with Crippen molar-refractivity contribution in [2.75, 3.05) is 11.1 Å². The zero-order valence-corrected chi connectivity index (χ0v) is 15.9. The van der Waals surface area contributed by atoms with Gasteiger partial charge >= 0.3 is 0 Å². The highest BCUT2D eigenvalue weighted by Gasteiger charge is 2.20. The highest BCUT2D eigenvalue weighted by Crippen LogP contribution is 2.31. The van der Waals surface area contributed by atoms with Crippen LogP contribution in [0.25, 0.3) is 16.9 Å². The van der Waals surface area contributed by atoms with Crippen LogP contribution in [-0.4, -0.2) is 24.6 Å². The first kappa shape index (κ1) is 18.6. The molecule has 0 unspecified atom stereocenters. The van der Waals surface area contributed by atoms with Crippen LogP contribution in [0.4, 0.5) is 16.0 Å². The van der Waals surface area contributed by atoms with E-state index in [0.717, 1.165) is 0 Å². The molecule has 0 bridgehead atoms. The molecule has 0 amide bonds. The third kappa shape index (κ3) is 3.41. The predicted molar refractivity (Wildman–Crippen MR) is 107 cm³/mol. The molecular weight excluding hydrogens is 395 g/mol. The maximum Gasteiger partial charge on any atom is 0.174 e. The van der Waals surface area contributed by atoms with Crippen molar-refractivity contribution in [2.24, 2.45) is 0 Å². The number of nitrogens with two attached hydrogens (primary N) is 1. The Hall–Kier alpha value is -3.77. The van der Waals surface area contributed by atoms with Gasteiger partial charge in [-0.1, -0.05) is 23.7 Å². The Bertz CT molecular complexity index is 1260. The van der Waals surface area contributed by atoms with Gasteiger partial charge in [0.1, 0.15) is 40.4 Å². The SMILES string of the molecule is C[C@H](Nc1ncnc(N)c1C#N)c1cn2ncc(Cl)c2nc1-c1cccc(F)c1. The number of benzene rings is 1. The number of nitrogens with one attached hydrogen (secondary N) is 1. The van der Waals surface area contributed by atoms with E-state index in [2.05, 4.69) is 25.4 Å². The lowest BCUT2D eigenvalue weighted by atomic mass is 10.0. The molecule has 29 heavy (non-hydrogen) atoms. The van der Waals surface area contributed by atoms with Crippen LogP contribution in [0, 0.1) is 17.1 Å². The predicted octanol–water partition coefficient (Wildman–Crippen LogP) is 3.61. The molecule has 3 heterocycles. The minimum Gasteiger partial charge on any atom is -0.382 e. The first-order valence-corrected chi connectivity index (χ1v) is 8.92. The summed E-state index contributed by atoms with van der Waals surface area (Å²) in [5.74, 6) is -0.0167. The minimum absolute atomic E-state index is 0.0787. The van der Waals surface area contributed by atoms with Gasteiger partial charge < -0.3 is 11.1 Å². The molecule has 4 aromatic rings. The molecule has 10 heteroatoms. The second kappa shape index (κ2) is 7.33. The van der Waals surface area contributed by atoms with Gasteiger partial charge in [-0.05, 0) is 19.1 Å². The van der Waals surface area contributed by atoms with E-state index < -0.39 is 0 Å². The second-order valence-electron chi connectivity index (χ2n) is 6.28. The van der Waals surface area contributed by atoms with Gasteiger partial charge in [-0.2, -0.15) is 10.4 Å². The molecule has 3 aromatic heterocycles. The molecule has 0 aliphatic carbocycles. The fraction of sp³-hybridized carbons (Fsp3) is 0.105. The quantitative estimate of drug-likeness (QED) is 0.529. The summed E-state index contributed by atoms with van der Waals surface area (Å²) in [6, 6.07) is 7.73. The van der Waals surface area contributed by atoms with Crippen molar-refractivity contribution in [3.63, 3.8) is 0 Å². The van der Waals surface area contributed by atoms with E-state index in [1.807, 2.05) is 13.0 Å². The highest BCUT2D eigenvalue weighted by molar-refractivity contribution is 6.33. The maximum absolute atomic E-state index is 13.9. The van der Waals surface area contributed by atoms with Crippen LogP contribution in [0.3, 0.4) is 0 Å². The summed E-state index contributed by atoms with van der Waals surface area (Å²) in [5, 5.41) is 17.1. The van der Waals surface area contributed by atoms with Gasteiger partial charge in [-0.25, -0.2) is 23.9 Å². The summed E-state index contributed by atoms with van der Waals surface area (Å²) in [7, 11) is 0. The average Bonchev–Trinajstić information content (AvgIpc) is 3.07. The van der Waals surface area contributed by atoms with Crippen molar-refractivity contribution >= 4 is 28.9 Å². The number of halogens is 2. The van der Waals surface area contributed by atoms with Gasteiger partial charge in [0.15, 0.2) is 5.65 Å². The number of anilines is 2. The second-order valence-corrected chi connectivity index (χ2v) is 6.68. The highest BCUT2D eigenvalue weighted by atomic mass is 35.5. The lowest BCUT2D eigenvalue weighted by molar-refractivity contribution is 0.628. The molecule has 4 rings (SSSR count). The number of aromatic nitrogens is 5. The minimum atomic E-state index is -0.384. The smallest absolute Gasteiger partial charge is 0.174 e. The van der Waals surface area contributed by atoms with Crippen LogP contribution in [0.15, 0.2) is 43.0 Å². The Morgan fingerprint density at radius 1 is 1.34 bits per heavy atom. The van der Waals surface area contributed by atoms with Crippen molar-refractivity contribution in [1.29, 1.82) is 5.26 Å². The lowest BCUT2D eigenvalue weighted by Gasteiger charge is -2.19. The maximum atomic E-state index is 13.9. The standard InChI is InChI=1S/C19H14ClFN8/c1-10(27-18-13(6-22)17(23)24-9-25-18)14-8-29-19(15(20)7-26-29)28-16(14)11-3-2-4-12(21)5-11/h2-5,7-10H,1H3,(H3,23,24,25,27)/t10-/m0/s1. The van der Waals surface area contributed by atoms with E-state index in [1.165, 1.54) is 29.2 Å². The number of hydrogen-bond donors (Lipinski definition) is 2. The first-order chi connectivity index (χ1) is 14.0. The molecular formula is C19H14ClFN8. The lowest BCUT2D eigenvalue weighted by Crippen LogP contribution is -2.14. The van der Waals surface area contributed by atoms with Crippen LogP contribution >= 0.6 is 11.6 Å². The van der Waals surface area contributed by atoms with E-state index in [4.69, 9.17) is 17.3 Å². The van der Waals surface area contributed by atoms with E-state index >= 15 is 0 Å². The monoisotopic (exact) mass is 408 g/mol. The molecule has 0 spiro atoms. The van der Waals surface area contributed by atoms with Crippen molar-refractivity contribution in [3.05, 3.63) is 65.0 Å². The topological polar surface area (TPSA) is 118 Å². The summed E-state index contributed by atoms with van der Waals surface area (Å²) >= 11 is 6.18. The summed E-state index contributed by atoms with van der Waals surface area (Å²) < 4.78 is 15.4. The van der Waals surface area contributed by atoms with Crippen molar-refractivity contribution in [1.82, 2.24) is 24.6 Å². The fourth-order valence-corrected chi connectivity index (χ4v) is 3.16. The number of nitrogen functional groups attached to an aromatic ring is 1. The summed E-state index contributed by atoms with van der Waals surface area (Å²) in [4.78, 5) is 12.5. The van der Waals surface area contributed by atoms with Gasteiger partial charge in [-0.3, -0.25) is 0 Å². The van der Waals surface area contributed by atoms with Crippen LogP contribution in [0.2, 0.25) is 5.02 Å². The molecule has 0 aliphatic heterocycles. The van der Waals surface area contributed by atoms with Crippen molar-refractivity contribution in [3.8, 4) is 17.3 Å². The summed E-state index contributed by atoms with van der Waals surface area (Å²) in [6.45, 7) is 1.86. The summed E-state index contributed by atoms with van der Waals surface area (Å²) in [6.07, 6.45) is 4.51. The molecule has 0 aliphatic rings. The Labute approximate surface area is 169 Å². The molecule has 8 nitrogen and oxygen atoms in total. The molecule has 3 N–H and O–H groups in total. The first-order valence-electron chi connectivity index (χ1n) is 8.54. The fourth-order valence-electron chi connectivity index (χ4n) is 2.98. The van der Waals surface area contributed by atoms with E-state index in [9.17, 15) is 9.65 Å². The zero-order chi connectivity index (χ0) is 20.5. The molecule has 0 fully saturated rings. The average molecular weight is 409 g/mol. The van der Waals surface area contributed by atoms with Crippen LogP contribution in [-0.2, 0) is 0 Å². The van der Waals surface area contributed by atoms with Crippen LogP contribution in [0.5, 0.6) is 0 Å². The van der Waals surface area contributed by atoms with Crippen molar-refractivity contribution < 1.29 is 4.39 Å². The largest absolute Gasteiger partial charge is 0.382 e. The van der Waals surface area contributed by atoms with Crippen LogP contribution in [0.1, 0.15) is 24.1 Å². The van der Waals surface area contributed by atoms with E-state index in [1.54, 1.807) is 18.3 Å². The Morgan fingerprint density at radius 2 is 2.17 bits per heavy atom. The molecule has 0 saturated carbocycles. The number of hydrogen-bond acceptors (Lipinski definition) is 7. The molecule has 0 radical (unpaired) electrons. The van der Waals surface area contributed by atoms with Crippen LogP contribution < -0.4 is 11.1 Å². The zero-order valence-electron chi connectivity index (χ0n) is 15.1. The molecule has 1 atom stereocenters. The number of nitriles is 1. The van der Waals surface area contributed by atoms with Gasteiger partial charge in [0.2, 0.25) is 0 Å². The van der Waals surface area contributed by atoms with Gasteiger partial charge in [-0.15, -0.1) is 0 Å². The Balaban J connectivity index is 1.85. The van der Waals surface area contributed by atoms with E-state index in [0.29, 0.717) is 27.5 Å². The Morgan fingerprint density at radius 3 is 2.93 bits per heavy atom. The normalized spacial score (nSPS) is 11.9. The van der Waals surface area contributed by atoms with Gasteiger partial charge in [0.05, 0.1) is 17.9 Å². The molecule has 1 aromatic carbocycles.